The fraction of sp³-hybridized carbons (Fsp3) is 0.167. The molecule has 0 saturated heterocycles. The number of nitrogens with one attached hydrogen (secondary N) is 2. The van der Waals surface area contributed by atoms with E-state index in [-0.39, 0.29) is 0 Å². The van der Waals surface area contributed by atoms with Crippen LogP contribution >= 0.6 is 11.6 Å². The number of anilines is 2. The van der Waals surface area contributed by atoms with Crippen LogP contribution in [0.4, 0.5) is 11.8 Å². The average molecular weight is 340 g/mol. The molecule has 3 aromatic rings. The van der Waals surface area contributed by atoms with E-state index in [1.165, 1.54) is 0 Å². The monoisotopic (exact) mass is 339 g/mol. The molecule has 0 unspecified atom stereocenters. The second-order valence-electron chi connectivity index (χ2n) is 5.18. The van der Waals surface area contributed by atoms with Crippen molar-refractivity contribution in [2.45, 2.75) is 13.5 Å². The van der Waals surface area contributed by atoms with Crippen LogP contribution in [0.15, 0.2) is 54.9 Å². The number of hydrogen-bond acceptors (Lipinski definition) is 5. The van der Waals surface area contributed by atoms with Crippen LogP contribution in [0.2, 0.25) is 5.02 Å². The van der Waals surface area contributed by atoms with Crippen molar-refractivity contribution in [3.05, 3.63) is 65.4 Å². The minimum Gasteiger partial charge on any atom is -0.366 e. The van der Waals surface area contributed by atoms with Crippen LogP contribution in [0.1, 0.15) is 12.5 Å². The van der Waals surface area contributed by atoms with Gasteiger partial charge in [-0.15, -0.1) is 0 Å². The lowest BCUT2D eigenvalue weighted by Crippen LogP contribution is -2.07. The van der Waals surface area contributed by atoms with E-state index in [0.717, 1.165) is 34.2 Å². The summed E-state index contributed by atoms with van der Waals surface area (Å²) in [7, 11) is 0. The standard InChI is InChI=1S/C18H18ClN5/c1-2-21-18-23-16(14-7-5-9-20-11-14)10-17(24-18)22-12-13-6-3-4-8-15(13)19/h3-11H,2,12H2,1H3,(H2,21,22,23,24). The van der Waals surface area contributed by atoms with E-state index in [1.54, 1.807) is 12.4 Å². The molecule has 0 spiro atoms. The van der Waals surface area contributed by atoms with Crippen molar-refractivity contribution in [3.8, 4) is 11.3 Å². The Morgan fingerprint density at radius 3 is 2.67 bits per heavy atom. The molecule has 0 radical (unpaired) electrons. The summed E-state index contributed by atoms with van der Waals surface area (Å²) in [6.07, 6.45) is 3.53. The molecule has 0 aliphatic rings. The molecule has 6 heteroatoms. The number of hydrogen-bond donors (Lipinski definition) is 2. The molecule has 0 bridgehead atoms. The Labute approximate surface area is 146 Å². The normalized spacial score (nSPS) is 10.4. The zero-order chi connectivity index (χ0) is 16.8. The van der Waals surface area contributed by atoms with E-state index in [0.29, 0.717) is 12.5 Å². The van der Waals surface area contributed by atoms with Crippen molar-refractivity contribution in [2.24, 2.45) is 0 Å². The Balaban J connectivity index is 1.86. The topological polar surface area (TPSA) is 62.7 Å². The number of aromatic nitrogens is 3. The largest absolute Gasteiger partial charge is 0.366 e. The first-order valence-corrected chi connectivity index (χ1v) is 8.14. The van der Waals surface area contributed by atoms with Gasteiger partial charge in [0.15, 0.2) is 0 Å². The van der Waals surface area contributed by atoms with Gasteiger partial charge in [-0.1, -0.05) is 29.8 Å². The lowest BCUT2D eigenvalue weighted by Gasteiger charge is -2.11. The summed E-state index contributed by atoms with van der Waals surface area (Å²) in [6, 6.07) is 13.5. The van der Waals surface area contributed by atoms with Crippen LogP contribution in [0.25, 0.3) is 11.3 Å². The zero-order valence-corrected chi connectivity index (χ0v) is 14.1. The number of nitrogens with zero attached hydrogens (tertiary/aromatic N) is 3. The van der Waals surface area contributed by atoms with Gasteiger partial charge in [-0.2, -0.15) is 4.98 Å². The van der Waals surface area contributed by atoms with Crippen LogP contribution in [-0.4, -0.2) is 21.5 Å². The molecule has 0 aliphatic heterocycles. The van der Waals surface area contributed by atoms with E-state index in [1.807, 2.05) is 49.4 Å². The van der Waals surface area contributed by atoms with Crippen molar-refractivity contribution in [3.63, 3.8) is 0 Å². The Morgan fingerprint density at radius 1 is 1.04 bits per heavy atom. The molecule has 3 rings (SSSR count). The van der Waals surface area contributed by atoms with E-state index >= 15 is 0 Å². The highest BCUT2D eigenvalue weighted by atomic mass is 35.5. The highest BCUT2D eigenvalue weighted by molar-refractivity contribution is 6.31. The predicted molar refractivity (Wildman–Crippen MR) is 98.2 cm³/mol. The summed E-state index contributed by atoms with van der Waals surface area (Å²) < 4.78 is 0. The van der Waals surface area contributed by atoms with Gasteiger partial charge < -0.3 is 10.6 Å². The van der Waals surface area contributed by atoms with Gasteiger partial charge in [0.05, 0.1) is 5.69 Å². The minimum absolute atomic E-state index is 0.584. The smallest absolute Gasteiger partial charge is 0.225 e. The Morgan fingerprint density at radius 2 is 1.92 bits per heavy atom. The van der Waals surface area contributed by atoms with Gasteiger partial charge in [0.1, 0.15) is 5.82 Å². The summed E-state index contributed by atoms with van der Waals surface area (Å²) in [5, 5.41) is 7.21. The predicted octanol–water partition coefficient (Wildman–Crippen LogP) is 4.24. The van der Waals surface area contributed by atoms with E-state index in [4.69, 9.17) is 11.6 Å². The number of pyridine rings is 1. The Bertz CT molecular complexity index is 808. The molecule has 0 saturated carbocycles. The van der Waals surface area contributed by atoms with E-state index in [9.17, 15) is 0 Å². The average Bonchev–Trinajstić information content (AvgIpc) is 2.62. The maximum Gasteiger partial charge on any atom is 0.225 e. The van der Waals surface area contributed by atoms with Crippen molar-refractivity contribution in [1.29, 1.82) is 0 Å². The van der Waals surface area contributed by atoms with Gasteiger partial charge in [0.2, 0.25) is 5.95 Å². The Kier molecular flexibility index (Phi) is 5.23. The van der Waals surface area contributed by atoms with Gasteiger partial charge in [-0.05, 0) is 30.7 Å². The van der Waals surface area contributed by atoms with Gasteiger partial charge in [-0.3, -0.25) is 4.98 Å². The van der Waals surface area contributed by atoms with Crippen LogP contribution in [-0.2, 0) is 6.54 Å². The SMILES string of the molecule is CCNc1nc(NCc2ccccc2Cl)cc(-c2cccnc2)n1. The molecule has 2 aromatic heterocycles. The maximum absolute atomic E-state index is 6.21. The van der Waals surface area contributed by atoms with Gasteiger partial charge in [-0.25, -0.2) is 4.98 Å². The lowest BCUT2D eigenvalue weighted by molar-refractivity contribution is 1.05. The van der Waals surface area contributed by atoms with Crippen LogP contribution in [0.3, 0.4) is 0 Å². The van der Waals surface area contributed by atoms with Crippen molar-refractivity contribution in [1.82, 2.24) is 15.0 Å². The van der Waals surface area contributed by atoms with Crippen LogP contribution in [0, 0.1) is 0 Å². The molecule has 0 amide bonds. The molecule has 0 atom stereocenters. The van der Waals surface area contributed by atoms with Gasteiger partial charge in [0.25, 0.3) is 0 Å². The molecule has 24 heavy (non-hydrogen) atoms. The molecule has 0 fully saturated rings. The fourth-order valence-electron chi connectivity index (χ4n) is 2.26. The lowest BCUT2D eigenvalue weighted by atomic mass is 10.2. The molecule has 2 heterocycles. The summed E-state index contributed by atoms with van der Waals surface area (Å²) in [5.41, 5.74) is 2.78. The third-order valence-corrected chi connectivity index (χ3v) is 3.80. The van der Waals surface area contributed by atoms with Crippen LogP contribution in [0.5, 0.6) is 0 Å². The number of halogens is 1. The van der Waals surface area contributed by atoms with Gasteiger partial charge in [0, 0.05) is 42.1 Å². The molecular formula is C18H18ClN5. The molecule has 5 nitrogen and oxygen atoms in total. The summed E-state index contributed by atoms with van der Waals surface area (Å²) >= 11 is 6.21. The highest BCUT2D eigenvalue weighted by Crippen LogP contribution is 2.22. The number of rotatable bonds is 6. The first-order valence-electron chi connectivity index (χ1n) is 7.77. The molecule has 1 aromatic carbocycles. The first kappa shape index (κ1) is 16.2. The molecule has 0 aliphatic carbocycles. The van der Waals surface area contributed by atoms with Crippen molar-refractivity contribution < 1.29 is 0 Å². The molecule has 122 valence electrons. The first-order chi connectivity index (χ1) is 11.8. The van der Waals surface area contributed by atoms with E-state index in [2.05, 4.69) is 25.6 Å². The van der Waals surface area contributed by atoms with Crippen molar-refractivity contribution in [2.75, 3.05) is 17.2 Å². The van der Waals surface area contributed by atoms with Gasteiger partial charge >= 0.3 is 0 Å². The molecular weight excluding hydrogens is 322 g/mol. The Hall–Kier alpha value is -2.66. The molecule has 2 N–H and O–H groups in total. The third kappa shape index (κ3) is 4.00. The second-order valence-corrected chi connectivity index (χ2v) is 5.59. The van der Waals surface area contributed by atoms with Crippen molar-refractivity contribution >= 4 is 23.4 Å². The van der Waals surface area contributed by atoms with E-state index < -0.39 is 0 Å². The fourth-order valence-corrected chi connectivity index (χ4v) is 2.47. The number of benzene rings is 1. The third-order valence-electron chi connectivity index (χ3n) is 3.44. The van der Waals surface area contributed by atoms with Crippen LogP contribution < -0.4 is 10.6 Å². The summed E-state index contributed by atoms with van der Waals surface area (Å²) in [5.74, 6) is 1.32. The minimum atomic E-state index is 0.584. The summed E-state index contributed by atoms with van der Waals surface area (Å²) in [4.78, 5) is 13.2. The highest BCUT2D eigenvalue weighted by Gasteiger charge is 2.07. The quantitative estimate of drug-likeness (QED) is 0.703. The second kappa shape index (κ2) is 7.75. The summed E-state index contributed by atoms with van der Waals surface area (Å²) in [6.45, 7) is 3.35. The zero-order valence-electron chi connectivity index (χ0n) is 13.3. The maximum atomic E-state index is 6.21.